The van der Waals surface area contributed by atoms with Gasteiger partial charge in [0.25, 0.3) is 5.91 Å². The van der Waals surface area contributed by atoms with Crippen LogP contribution in [0.2, 0.25) is 0 Å². The van der Waals surface area contributed by atoms with Gasteiger partial charge in [0.1, 0.15) is 6.04 Å². The van der Waals surface area contributed by atoms with Crippen LogP contribution in [0.5, 0.6) is 0 Å². The maximum absolute atomic E-state index is 12.3. The van der Waals surface area contributed by atoms with Crippen LogP contribution in [-0.4, -0.2) is 35.1 Å². The van der Waals surface area contributed by atoms with Crippen LogP contribution in [0.25, 0.3) is 0 Å². The van der Waals surface area contributed by atoms with Gasteiger partial charge in [0.2, 0.25) is 5.91 Å². The van der Waals surface area contributed by atoms with Crippen molar-refractivity contribution < 1.29 is 14.7 Å². The molecule has 120 valence electrons. The van der Waals surface area contributed by atoms with Crippen LogP contribution in [0.15, 0.2) is 24.3 Å². The summed E-state index contributed by atoms with van der Waals surface area (Å²) in [6.07, 6.45) is 2.88. The number of aryl methyl sites for hydroxylation is 1. The van der Waals surface area contributed by atoms with Gasteiger partial charge in [0, 0.05) is 12.1 Å². The van der Waals surface area contributed by atoms with Crippen LogP contribution in [0, 0.1) is 0 Å². The molecular formula is C17H24N2O3. The summed E-state index contributed by atoms with van der Waals surface area (Å²) < 4.78 is 0. The minimum atomic E-state index is -0.724. The molecule has 2 amide bonds. The van der Waals surface area contributed by atoms with Crippen LogP contribution in [-0.2, 0) is 11.2 Å². The molecule has 1 fully saturated rings. The Labute approximate surface area is 131 Å². The lowest BCUT2D eigenvalue weighted by atomic mass is 9.97. The highest BCUT2D eigenvalue weighted by Crippen LogP contribution is 2.15. The topological polar surface area (TPSA) is 78.4 Å². The Morgan fingerprint density at radius 2 is 2.23 bits per heavy atom. The lowest BCUT2D eigenvalue weighted by Crippen LogP contribution is -2.50. The molecule has 1 atom stereocenters. The van der Waals surface area contributed by atoms with Gasteiger partial charge in [-0.2, -0.15) is 0 Å². The molecule has 3 N–H and O–H groups in total. The van der Waals surface area contributed by atoms with Gasteiger partial charge < -0.3 is 15.7 Å². The van der Waals surface area contributed by atoms with E-state index in [1.807, 2.05) is 18.2 Å². The molecule has 0 saturated carbocycles. The SMILES string of the molecule is CC(C)(O)CCc1cccc(C(=O)N[C@H]2CCCNC2=O)c1. The average molecular weight is 304 g/mol. The second-order valence-corrected chi connectivity index (χ2v) is 6.47. The van der Waals surface area contributed by atoms with Gasteiger partial charge in [-0.05, 0) is 57.2 Å². The van der Waals surface area contributed by atoms with Crippen LogP contribution in [0.3, 0.4) is 0 Å². The molecule has 0 spiro atoms. The van der Waals surface area contributed by atoms with E-state index in [4.69, 9.17) is 0 Å². The number of carbonyl (C=O) groups excluding carboxylic acids is 2. The third-order valence-corrected chi connectivity index (χ3v) is 3.81. The van der Waals surface area contributed by atoms with E-state index in [1.165, 1.54) is 0 Å². The Hall–Kier alpha value is -1.88. The molecule has 0 radical (unpaired) electrons. The number of benzene rings is 1. The maximum atomic E-state index is 12.3. The number of aliphatic hydroxyl groups is 1. The first-order valence-electron chi connectivity index (χ1n) is 7.75. The van der Waals surface area contributed by atoms with Crippen LogP contribution >= 0.6 is 0 Å². The van der Waals surface area contributed by atoms with Crippen LogP contribution in [0.4, 0.5) is 0 Å². The smallest absolute Gasteiger partial charge is 0.251 e. The monoisotopic (exact) mass is 304 g/mol. The number of hydrogen-bond acceptors (Lipinski definition) is 3. The zero-order valence-corrected chi connectivity index (χ0v) is 13.2. The van der Waals surface area contributed by atoms with Crippen molar-refractivity contribution in [2.75, 3.05) is 6.54 Å². The van der Waals surface area contributed by atoms with Crippen molar-refractivity contribution in [3.8, 4) is 0 Å². The van der Waals surface area contributed by atoms with Gasteiger partial charge >= 0.3 is 0 Å². The Morgan fingerprint density at radius 3 is 2.91 bits per heavy atom. The zero-order valence-electron chi connectivity index (χ0n) is 13.2. The molecule has 1 aliphatic heterocycles. The Kier molecular flexibility index (Phi) is 5.19. The second kappa shape index (κ2) is 6.92. The highest BCUT2D eigenvalue weighted by Gasteiger charge is 2.24. The van der Waals surface area contributed by atoms with Crippen molar-refractivity contribution in [3.63, 3.8) is 0 Å². The van der Waals surface area contributed by atoms with Crippen molar-refractivity contribution in [1.29, 1.82) is 0 Å². The number of carbonyl (C=O) groups is 2. The van der Waals surface area contributed by atoms with E-state index >= 15 is 0 Å². The predicted octanol–water partition coefficient (Wildman–Crippen LogP) is 1.40. The van der Waals surface area contributed by atoms with E-state index in [-0.39, 0.29) is 11.8 Å². The van der Waals surface area contributed by atoms with E-state index in [9.17, 15) is 14.7 Å². The summed E-state index contributed by atoms with van der Waals surface area (Å²) in [5, 5.41) is 15.3. The van der Waals surface area contributed by atoms with E-state index in [1.54, 1.807) is 19.9 Å². The molecule has 0 aliphatic carbocycles. The molecule has 1 saturated heterocycles. The average Bonchev–Trinajstić information content (AvgIpc) is 2.47. The van der Waals surface area contributed by atoms with Crippen LogP contribution in [0.1, 0.15) is 49.0 Å². The summed E-state index contributed by atoms with van der Waals surface area (Å²) in [4.78, 5) is 24.0. The molecule has 2 rings (SSSR count). The highest BCUT2D eigenvalue weighted by atomic mass is 16.3. The minimum absolute atomic E-state index is 0.113. The molecular weight excluding hydrogens is 280 g/mol. The van der Waals surface area contributed by atoms with E-state index in [2.05, 4.69) is 10.6 Å². The summed E-state index contributed by atoms with van der Waals surface area (Å²) in [5.74, 6) is -0.343. The van der Waals surface area contributed by atoms with Gasteiger partial charge in [-0.25, -0.2) is 0 Å². The van der Waals surface area contributed by atoms with Crippen molar-refractivity contribution in [3.05, 3.63) is 35.4 Å². The zero-order chi connectivity index (χ0) is 16.2. The first kappa shape index (κ1) is 16.5. The third kappa shape index (κ3) is 4.84. The fourth-order valence-electron chi connectivity index (χ4n) is 2.47. The van der Waals surface area contributed by atoms with E-state index in [0.717, 1.165) is 12.0 Å². The van der Waals surface area contributed by atoms with Gasteiger partial charge in [0.15, 0.2) is 0 Å². The summed E-state index contributed by atoms with van der Waals surface area (Å²) in [6.45, 7) is 4.22. The minimum Gasteiger partial charge on any atom is -0.390 e. The molecule has 5 heteroatoms. The van der Waals surface area contributed by atoms with Gasteiger partial charge in [-0.1, -0.05) is 12.1 Å². The quantitative estimate of drug-likeness (QED) is 0.769. The fraction of sp³-hybridized carbons (Fsp3) is 0.529. The molecule has 0 unspecified atom stereocenters. The molecule has 0 bridgehead atoms. The number of rotatable bonds is 5. The van der Waals surface area contributed by atoms with E-state index < -0.39 is 11.6 Å². The first-order chi connectivity index (χ1) is 10.3. The summed E-state index contributed by atoms with van der Waals surface area (Å²) >= 11 is 0. The van der Waals surface area contributed by atoms with Crippen molar-refractivity contribution >= 4 is 11.8 Å². The van der Waals surface area contributed by atoms with Gasteiger partial charge in [-0.15, -0.1) is 0 Å². The molecule has 1 heterocycles. The Bertz CT molecular complexity index is 549. The maximum Gasteiger partial charge on any atom is 0.251 e. The summed E-state index contributed by atoms with van der Waals surface area (Å²) in [7, 11) is 0. The molecule has 5 nitrogen and oxygen atoms in total. The number of nitrogens with one attached hydrogen (secondary N) is 2. The molecule has 1 aromatic rings. The number of piperidine rings is 1. The third-order valence-electron chi connectivity index (χ3n) is 3.81. The lowest BCUT2D eigenvalue weighted by Gasteiger charge is -2.23. The summed E-state index contributed by atoms with van der Waals surface area (Å²) in [6, 6.07) is 6.89. The Balaban J connectivity index is 1.99. The number of amides is 2. The van der Waals surface area contributed by atoms with Gasteiger partial charge in [-0.3, -0.25) is 9.59 Å². The van der Waals surface area contributed by atoms with Crippen molar-refractivity contribution in [2.45, 2.75) is 51.2 Å². The normalized spacial score (nSPS) is 18.7. The van der Waals surface area contributed by atoms with Gasteiger partial charge in [0.05, 0.1) is 5.60 Å². The summed E-state index contributed by atoms with van der Waals surface area (Å²) in [5.41, 5.74) is 0.827. The molecule has 0 aromatic heterocycles. The fourth-order valence-corrected chi connectivity index (χ4v) is 2.47. The molecule has 22 heavy (non-hydrogen) atoms. The van der Waals surface area contributed by atoms with Crippen molar-refractivity contribution in [2.24, 2.45) is 0 Å². The lowest BCUT2D eigenvalue weighted by molar-refractivity contribution is -0.124. The Morgan fingerprint density at radius 1 is 1.45 bits per heavy atom. The van der Waals surface area contributed by atoms with E-state index in [0.29, 0.717) is 31.4 Å². The predicted molar refractivity (Wildman–Crippen MR) is 84.6 cm³/mol. The molecule has 1 aromatic carbocycles. The number of hydrogen-bond donors (Lipinski definition) is 3. The standard InChI is InChI=1S/C17H24N2O3/c1-17(2,22)9-8-12-5-3-6-13(11-12)15(20)19-14-7-4-10-18-16(14)21/h3,5-6,11,14,22H,4,7-10H2,1-2H3,(H,18,21)(H,19,20)/t14-/m0/s1. The van der Waals surface area contributed by atoms with Crippen LogP contribution < -0.4 is 10.6 Å². The second-order valence-electron chi connectivity index (χ2n) is 6.47. The molecule has 1 aliphatic rings. The first-order valence-corrected chi connectivity index (χ1v) is 7.75. The highest BCUT2D eigenvalue weighted by molar-refractivity contribution is 5.97. The largest absolute Gasteiger partial charge is 0.390 e. The van der Waals surface area contributed by atoms with Crippen molar-refractivity contribution in [1.82, 2.24) is 10.6 Å².